The highest BCUT2D eigenvalue weighted by molar-refractivity contribution is 7.80. The summed E-state index contributed by atoms with van der Waals surface area (Å²) in [5, 5.41) is 20.0. The van der Waals surface area contributed by atoms with E-state index < -0.39 is 102 Å². The summed E-state index contributed by atoms with van der Waals surface area (Å²) >= 11 is 17.3. The molecule has 0 aromatic heterocycles. The van der Waals surface area contributed by atoms with Crippen molar-refractivity contribution in [3.8, 4) is 5.75 Å². The molecule has 25 heteroatoms. The van der Waals surface area contributed by atoms with Gasteiger partial charge in [0, 0.05) is 78.9 Å². The van der Waals surface area contributed by atoms with Crippen LogP contribution in [0.2, 0.25) is 5.02 Å². The molecule has 3 aromatic carbocycles. The highest BCUT2D eigenvalue weighted by Crippen LogP contribution is 2.50. The third-order valence-electron chi connectivity index (χ3n) is 17.3. The number of amides is 6. The largest absolute Gasteiger partial charge is 0.495 e. The molecule has 3 heterocycles. The molecule has 6 amide bonds. The van der Waals surface area contributed by atoms with Crippen LogP contribution in [0.1, 0.15) is 109 Å². The Balaban J connectivity index is 1.06. The predicted octanol–water partition coefficient (Wildman–Crippen LogP) is 8.48. The number of primary amides is 1. The highest BCUT2D eigenvalue weighted by atomic mass is 35.5. The normalized spacial score (nSPS) is 23.3. The van der Waals surface area contributed by atoms with Gasteiger partial charge in [-0.15, -0.1) is 0 Å². The lowest BCUT2D eigenvalue weighted by Crippen LogP contribution is -2.53. The number of nitrogens with two attached hydrogens (primary N) is 1. The molecule has 4 bridgehead atoms. The van der Waals surface area contributed by atoms with Crippen molar-refractivity contribution in [1.82, 2.24) is 20.4 Å². The van der Waals surface area contributed by atoms with Crippen molar-refractivity contribution in [3.63, 3.8) is 0 Å². The first-order valence-electron chi connectivity index (χ1n) is 30.6. The number of nitrogens with zero attached hydrogens (tertiary/aromatic N) is 4. The second-order valence-corrected chi connectivity index (χ2v) is 25.7. The first-order chi connectivity index (χ1) is 43.5. The minimum Gasteiger partial charge on any atom is -0.495 e. The summed E-state index contributed by atoms with van der Waals surface area (Å²) in [5.41, 5.74) is 7.16. The van der Waals surface area contributed by atoms with E-state index in [0.717, 1.165) is 16.7 Å². The number of ether oxygens (including phenoxy) is 6. The number of likely N-dealkylation sites (N-methyl/N-ethyl adjacent to an activating group) is 1. The van der Waals surface area contributed by atoms with Gasteiger partial charge in [-0.05, 0) is 116 Å². The number of hydrogen-bond acceptors (Lipinski definition) is 18. The molecule has 3 aliphatic heterocycles. The number of benzene rings is 3. The second-order valence-electron chi connectivity index (χ2n) is 24.5. The number of methoxy groups -OCH3 is 2. The van der Waals surface area contributed by atoms with Crippen LogP contribution in [0, 0.1) is 17.8 Å². The number of rotatable bonds is 25. The molecule has 3 aliphatic rings. The predicted molar refractivity (Wildman–Crippen MR) is 354 cm³/mol. The van der Waals surface area contributed by atoms with Crippen LogP contribution in [-0.2, 0) is 78.3 Å². The lowest BCUT2D eigenvalue weighted by molar-refractivity contribution is -0.187. The maximum atomic E-state index is 14.5. The molecule has 0 unspecified atom stereocenters. The fraction of sp³-hybridized carbons (Fsp3) is 0.522. The van der Waals surface area contributed by atoms with Gasteiger partial charge < -0.3 is 64.6 Å². The van der Waals surface area contributed by atoms with Crippen molar-refractivity contribution in [2.75, 3.05) is 53.4 Å². The molecule has 2 fully saturated rings. The summed E-state index contributed by atoms with van der Waals surface area (Å²) in [6.07, 6.45) is 1.63. The Morgan fingerprint density at radius 1 is 1.00 bits per heavy atom. The summed E-state index contributed by atoms with van der Waals surface area (Å²) in [6.45, 7) is 10.7. The number of urea groups is 1. The van der Waals surface area contributed by atoms with E-state index in [1.807, 2.05) is 51.1 Å². The zero-order valence-electron chi connectivity index (χ0n) is 54.1. The van der Waals surface area contributed by atoms with Gasteiger partial charge in [-0.25, -0.2) is 14.4 Å². The Kier molecular flexibility index (Phi) is 26.7. The standard InChI is InChI=1S/C67H86ClN7O15S2/c1-39(2)49(33-48(92)29-43-21-23-47(24-22-43)71-38-91)62(80)72-50(15-13-26-70-64(69)82)52(76)31-44-17-19-45(20-18-44)37-87-65(83)73(7)27-25-57(77)74(8)42(5)63(81)89-56-34-58(78)75(9)51-30-46(32-53(85-10)60(51)68)28-40(3)14-12-16-55(86-11)67(84)35-54(88-59(79)36-67)41(4)61-66(56,6)90-61/h12,14,16-24,30,32,39,41-42,49-50,54-56,61,84H,13,15,25-29,31,33-37H2,1-11H3,(H,72,80)(H3,69,70,82)/b16-12+,40-14+/t41-,42+,49+,50+,54+,55-,56+,61+,66+,67-/m1/s1. The molecule has 0 saturated carbocycles. The van der Waals surface area contributed by atoms with E-state index in [0.29, 0.717) is 58.8 Å². The van der Waals surface area contributed by atoms with E-state index in [4.69, 9.17) is 70.2 Å². The molecule has 22 nitrogen and oxygen atoms in total. The van der Waals surface area contributed by atoms with Gasteiger partial charge in [0.1, 0.15) is 52.9 Å². The fourth-order valence-electron chi connectivity index (χ4n) is 11.4. The zero-order chi connectivity index (χ0) is 67.8. The van der Waals surface area contributed by atoms with E-state index in [9.17, 15) is 43.5 Å². The number of anilines is 1. The summed E-state index contributed by atoms with van der Waals surface area (Å²) in [6, 6.07) is 15.0. The average molecular weight is 1330 g/mol. The van der Waals surface area contributed by atoms with Crippen LogP contribution in [-0.4, -0.2) is 169 Å². The molecular formula is C67H86ClN7O15S2. The molecule has 10 atom stereocenters. The Bertz CT molecular complexity index is 3310. The number of ketones is 1. The number of nitrogens with one attached hydrogen (secondary N) is 2. The third-order valence-corrected chi connectivity index (χ3v) is 18.1. The Morgan fingerprint density at radius 2 is 1.66 bits per heavy atom. The van der Waals surface area contributed by atoms with Crippen LogP contribution >= 0.6 is 36.0 Å². The number of thiocarbonyl (C=S) groups is 2. The van der Waals surface area contributed by atoms with Crippen LogP contribution in [0.4, 0.5) is 21.0 Å². The van der Waals surface area contributed by atoms with Gasteiger partial charge in [-0.3, -0.25) is 24.0 Å². The maximum absolute atomic E-state index is 14.5. The van der Waals surface area contributed by atoms with Crippen LogP contribution < -0.4 is 26.0 Å². The van der Waals surface area contributed by atoms with Gasteiger partial charge in [0.05, 0.1) is 48.6 Å². The van der Waals surface area contributed by atoms with Crippen molar-refractivity contribution in [1.29, 1.82) is 0 Å². The van der Waals surface area contributed by atoms with Crippen molar-refractivity contribution in [2.45, 2.75) is 160 Å². The zero-order valence-corrected chi connectivity index (χ0v) is 56.5. The number of allylic oxidation sites excluding steroid dienone is 3. The number of carbonyl (C=O) groups excluding carboxylic acids is 8. The molecule has 0 radical (unpaired) electrons. The van der Waals surface area contributed by atoms with Crippen molar-refractivity contribution in [3.05, 3.63) is 112 Å². The number of epoxide rings is 1. The third kappa shape index (κ3) is 20.0. The molecule has 2 saturated heterocycles. The molecule has 3 aromatic rings. The smallest absolute Gasteiger partial charge is 0.409 e. The number of aliphatic imine (C=N–C) groups is 1. The number of aliphatic hydroxyl groups is 1. The molecule has 5 N–H and O–H groups in total. The minimum absolute atomic E-state index is 0.00843. The average Bonchev–Trinajstić information content (AvgIpc) is 1.57. The van der Waals surface area contributed by atoms with Crippen LogP contribution in [0.25, 0.3) is 0 Å². The SMILES string of the molecule is COc1cc2cc(c1Cl)N(C)C(=O)C[C@H](OC(=O)[C@H](C)N(C)C(=O)CCN(C)C(=O)OCc1ccc(CC(=O)[C@H](CCCNC(N)=O)NC(=O)[C@@H](CC(=S)Cc3ccc(N=C=S)cc3)C(C)C)cc1)[C@]1(C)O[C@H]1[C@H](C)[C@@H]1C[C@@](O)(CC(=O)O1)[C@H](OC)/C=C/C=C(\C)C2. The van der Waals surface area contributed by atoms with Gasteiger partial charge in [0.25, 0.3) is 0 Å². The quantitative estimate of drug-likeness (QED) is 0.0154. The maximum Gasteiger partial charge on any atom is 0.409 e. The lowest BCUT2D eigenvalue weighted by Gasteiger charge is -2.41. The summed E-state index contributed by atoms with van der Waals surface area (Å²) in [5.74, 6) is -3.96. The summed E-state index contributed by atoms with van der Waals surface area (Å²) in [7, 11) is 7.33. The van der Waals surface area contributed by atoms with Crippen molar-refractivity contribution < 1.29 is 71.9 Å². The number of fused-ring (bicyclic) bond motifs is 5. The number of carbonyl (C=O) groups is 8. The molecule has 92 heavy (non-hydrogen) atoms. The van der Waals surface area contributed by atoms with E-state index >= 15 is 0 Å². The molecule has 0 spiro atoms. The van der Waals surface area contributed by atoms with E-state index in [1.165, 1.54) is 49.9 Å². The van der Waals surface area contributed by atoms with Crippen molar-refractivity contribution in [2.24, 2.45) is 28.5 Å². The number of hydrogen-bond donors (Lipinski definition) is 4. The first-order valence-corrected chi connectivity index (χ1v) is 31.8. The molecule has 6 rings (SSSR count). The topological polar surface area (TPSA) is 288 Å². The second kappa shape index (κ2) is 33.4. The lowest BCUT2D eigenvalue weighted by atomic mass is 9.78. The van der Waals surface area contributed by atoms with Crippen LogP contribution in [0.5, 0.6) is 5.75 Å². The monoisotopic (exact) mass is 1330 g/mol. The Hall–Kier alpha value is -7.44. The minimum atomic E-state index is -1.65. The summed E-state index contributed by atoms with van der Waals surface area (Å²) < 4.78 is 35.3. The van der Waals surface area contributed by atoms with Gasteiger partial charge in [-0.2, -0.15) is 4.99 Å². The highest BCUT2D eigenvalue weighted by Gasteiger charge is 2.64. The Morgan fingerprint density at radius 3 is 2.30 bits per heavy atom. The van der Waals surface area contributed by atoms with Crippen molar-refractivity contribution >= 4 is 105 Å². The van der Waals surface area contributed by atoms with E-state index in [2.05, 4.69) is 20.8 Å². The number of halogens is 1. The number of Topliss-reactive ketones (excluding diaryl/α,β-unsaturated/α-hetero) is 1. The van der Waals surface area contributed by atoms with E-state index in [1.54, 1.807) is 69.4 Å². The van der Waals surface area contributed by atoms with Gasteiger partial charge in [-0.1, -0.05) is 105 Å². The van der Waals surface area contributed by atoms with E-state index in [-0.39, 0.29) is 74.4 Å². The number of isothiocyanates is 1. The van der Waals surface area contributed by atoms with Gasteiger partial charge >= 0.3 is 24.1 Å². The van der Waals surface area contributed by atoms with Gasteiger partial charge in [0.2, 0.25) is 17.7 Å². The molecule has 0 aliphatic carbocycles. The number of esters is 2. The Labute approximate surface area is 553 Å². The first kappa shape index (κ1) is 73.6. The summed E-state index contributed by atoms with van der Waals surface area (Å²) in [4.78, 5) is 116. The molecule has 498 valence electrons. The van der Waals surface area contributed by atoms with Gasteiger partial charge in [0.15, 0.2) is 5.78 Å². The van der Waals surface area contributed by atoms with Crippen LogP contribution in [0.3, 0.4) is 0 Å². The van der Waals surface area contributed by atoms with Crippen LogP contribution in [0.15, 0.2) is 89.5 Å². The fourth-order valence-corrected chi connectivity index (χ4v) is 12.1. The molecular weight excluding hydrogens is 1240 g/mol.